The zero-order valence-electron chi connectivity index (χ0n) is 8.73. The summed E-state index contributed by atoms with van der Waals surface area (Å²) < 4.78 is 1.75. The van der Waals surface area contributed by atoms with E-state index >= 15 is 0 Å². The minimum Gasteiger partial charge on any atom is -0.260 e. The lowest BCUT2D eigenvalue weighted by Gasteiger charge is -2.13. The van der Waals surface area contributed by atoms with E-state index < -0.39 is 0 Å². The van der Waals surface area contributed by atoms with Gasteiger partial charge in [0.25, 0.3) is 0 Å². The first-order chi connectivity index (χ1) is 6.61. The fourth-order valence-electron chi connectivity index (χ4n) is 1.60. The van der Waals surface area contributed by atoms with E-state index in [-0.39, 0.29) is 16.7 Å². The maximum absolute atomic E-state index is 10.6. The van der Waals surface area contributed by atoms with Gasteiger partial charge in [0.1, 0.15) is 11.9 Å². The van der Waals surface area contributed by atoms with Gasteiger partial charge < -0.3 is 0 Å². The van der Waals surface area contributed by atoms with Crippen molar-refractivity contribution in [3.05, 3.63) is 22.0 Å². The quantitative estimate of drug-likeness (QED) is 0.550. The molecule has 1 heterocycles. The Kier molecular flexibility index (Phi) is 3.22. The maximum atomic E-state index is 10.6. The summed E-state index contributed by atoms with van der Waals surface area (Å²) in [6, 6.07) is 0.267. The molecule has 0 aliphatic heterocycles. The first-order valence-electron chi connectivity index (χ1n) is 4.80. The van der Waals surface area contributed by atoms with E-state index in [0.717, 1.165) is 12.8 Å². The molecule has 14 heavy (non-hydrogen) atoms. The van der Waals surface area contributed by atoms with E-state index in [1.165, 1.54) is 6.20 Å². The Hall–Kier alpha value is -1.39. The lowest BCUT2D eigenvalue weighted by atomic mass is 10.2. The van der Waals surface area contributed by atoms with Crippen LogP contribution in [0.3, 0.4) is 0 Å². The molecule has 0 bridgehead atoms. The van der Waals surface area contributed by atoms with Crippen molar-refractivity contribution < 1.29 is 4.92 Å². The molecule has 0 N–H and O–H groups in total. The third kappa shape index (κ3) is 1.76. The summed E-state index contributed by atoms with van der Waals surface area (Å²) in [6.45, 7) is 5.85. The Labute approximate surface area is 82.9 Å². The van der Waals surface area contributed by atoms with Crippen molar-refractivity contribution in [1.29, 1.82) is 0 Å². The molecule has 0 unspecified atom stereocenters. The normalized spacial score (nSPS) is 10.9. The van der Waals surface area contributed by atoms with Crippen molar-refractivity contribution in [3.63, 3.8) is 0 Å². The van der Waals surface area contributed by atoms with Crippen LogP contribution in [0.2, 0.25) is 0 Å². The molecular formula is C9H15N3O2. The van der Waals surface area contributed by atoms with E-state index in [9.17, 15) is 10.1 Å². The molecule has 0 radical (unpaired) electrons. The van der Waals surface area contributed by atoms with Gasteiger partial charge >= 0.3 is 5.69 Å². The largest absolute Gasteiger partial charge is 0.309 e. The smallest absolute Gasteiger partial charge is 0.260 e. The van der Waals surface area contributed by atoms with Crippen LogP contribution >= 0.6 is 0 Å². The van der Waals surface area contributed by atoms with Crippen LogP contribution in [0, 0.1) is 17.0 Å². The van der Waals surface area contributed by atoms with Crippen LogP contribution in [0.15, 0.2) is 6.20 Å². The van der Waals surface area contributed by atoms with Crippen LogP contribution < -0.4 is 0 Å². The lowest BCUT2D eigenvalue weighted by Crippen LogP contribution is -2.10. The molecule has 5 heteroatoms. The van der Waals surface area contributed by atoms with Gasteiger partial charge in [-0.3, -0.25) is 14.8 Å². The molecule has 0 aromatic carbocycles. The fourth-order valence-corrected chi connectivity index (χ4v) is 1.60. The molecule has 0 fully saturated rings. The highest BCUT2D eigenvalue weighted by atomic mass is 16.6. The second kappa shape index (κ2) is 4.21. The number of hydrogen-bond acceptors (Lipinski definition) is 3. The van der Waals surface area contributed by atoms with Crippen molar-refractivity contribution >= 4 is 5.69 Å². The number of hydrogen-bond donors (Lipinski definition) is 0. The first-order valence-corrected chi connectivity index (χ1v) is 4.80. The Morgan fingerprint density at radius 2 is 2.14 bits per heavy atom. The molecule has 0 atom stereocenters. The Balaban J connectivity index is 3.05. The van der Waals surface area contributed by atoms with Crippen LogP contribution in [0.25, 0.3) is 0 Å². The van der Waals surface area contributed by atoms with Crippen molar-refractivity contribution in [2.24, 2.45) is 0 Å². The van der Waals surface area contributed by atoms with Crippen molar-refractivity contribution in [3.8, 4) is 0 Å². The molecule has 78 valence electrons. The highest BCUT2D eigenvalue weighted by molar-refractivity contribution is 5.31. The second-order valence-corrected chi connectivity index (χ2v) is 3.29. The van der Waals surface area contributed by atoms with Gasteiger partial charge in [0.2, 0.25) is 0 Å². The minimum atomic E-state index is -0.388. The molecule has 0 saturated carbocycles. The summed E-state index contributed by atoms with van der Waals surface area (Å²) in [6.07, 6.45) is 3.21. The van der Waals surface area contributed by atoms with Gasteiger partial charge in [0, 0.05) is 0 Å². The highest BCUT2D eigenvalue weighted by Crippen LogP contribution is 2.23. The van der Waals surface area contributed by atoms with E-state index in [2.05, 4.69) is 18.9 Å². The summed E-state index contributed by atoms with van der Waals surface area (Å²) in [4.78, 5) is 10.2. The van der Waals surface area contributed by atoms with Crippen molar-refractivity contribution in [2.45, 2.75) is 39.7 Å². The topological polar surface area (TPSA) is 61.0 Å². The van der Waals surface area contributed by atoms with E-state index in [1.54, 1.807) is 11.6 Å². The zero-order chi connectivity index (χ0) is 10.7. The number of rotatable bonds is 4. The molecular weight excluding hydrogens is 182 g/mol. The predicted molar refractivity (Wildman–Crippen MR) is 53.2 cm³/mol. The van der Waals surface area contributed by atoms with E-state index in [4.69, 9.17) is 0 Å². The molecule has 0 spiro atoms. The monoisotopic (exact) mass is 197 g/mol. The van der Waals surface area contributed by atoms with Gasteiger partial charge in [-0.25, -0.2) is 0 Å². The summed E-state index contributed by atoms with van der Waals surface area (Å²) in [5.74, 6) is 0. The Bertz CT molecular complexity index is 329. The van der Waals surface area contributed by atoms with Gasteiger partial charge in [0.15, 0.2) is 0 Å². The summed E-state index contributed by atoms with van der Waals surface area (Å²) >= 11 is 0. The SMILES string of the molecule is CCC(CC)n1ncc([N+](=O)[O-])c1C. The highest BCUT2D eigenvalue weighted by Gasteiger charge is 2.19. The van der Waals surface area contributed by atoms with Crippen molar-refractivity contribution in [2.75, 3.05) is 0 Å². The average molecular weight is 197 g/mol. The van der Waals surface area contributed by atoms with Gasteiger partial charge in [0.05, 0.1) is 11.0 Å². The molecule has 1 aromatic rings. The maximum Gasteiger partial charge on any atom is 0.309 e. The van der Waals surface area contributed by atoms with Crippen LogP contribution in [0.5, 0.6) is 0 Å². The Morgan fingerprint density at radius 3 is 2.50 bits per heavy atom. The zero-order valence-corrected chi connectivity index (χ0v) is 8.73. The van der Waals surface area contributed by atoms with E-state index in [1.807, 2.05) is 0 Å². The Morgan fingerprint density at radius 1 is 1.57 bits per heavy atom. The van der Waals surface area contributed by atoms with Crippen LogP contribution in [-0.2, 0) is 0 Å². The van der Waals surface area contributed by atoms with E-state index in [0.29, 0.717) is 5.69 Å². The summed E-state index contributed by atoms with van der Waals surface area (Å²) in [7, 11) is 0. The molecule has 1 aromatic heterocycles. The number of nitrogens with zero attached hydrogens (tertiary/aromatic N) is 3. The lowest BCUT2D eigenvalue weighted by molar-refractivity contribution is -0.385. The molecule has 0 saturated heterocycles. The summed E-state index contributed by atoms with van der Waals surface area (Å²) in [5, 5.41) is 14.6. The first kappa shape index (κ1) is 10.7. The standard InChI is InChI=1S/C9H15N3O2/c1-4-8(5-2)11-7(3)9(6-10-11)12(13)14/h6,8H,4-5H2,1-3H3. The molecule has 5 nitrogen and oxygen atoms in total. The average Bonchev–Trinajstić information content (AvgIpc) is 2.51. The number of nitro groups is 1. The predicted octanol–water partition coefficient (Wildman–Crippen LogP) is 2.46. The van der Waals surface area contributed by atoms with Gasteiger partial charge in [-0.1, -0.05) is 13.8 Å². The molecule has 0 aliphatic carbocycles. The molecule has 0 amide bonds. The van der Waals surface area contributed by atoms with Crippen LogP contribution in [-0.4, -0.2) is 14.7 Å². The molecule has 0 aliphatic rings. The van der Waals surface area contributed by atoms with Gasteiger partial charge in [-0.05, 0) is 19.8 Å². The third-order valence-electron chi connectivity index (χ3n) is 2.50. The fraction of sp³-hybridized carbons (Fsp3) is 0.667. The number of aromatic nitrogens is 2. The minimum absolute atomic E-state index is 0.108. The van der Waals surface area contributed by atoms with Gasteiger partial charge in [-0.15, -0.1) is 0 Å². The summed E-state index contributed by atoms with van der Waals surface area (Å²) in [5.41, 5.74) is 0.751. The molecule has 1 rings (SSSR count). The second-order valence-electron chi connectivity index (χ2n) is 3.29. The van der Waals surface area contributed by atoms with Gasteiger partial charge in [-0.2, -0.15) is 5.10 Å². The van der Waals surface area contributed by atoms with Crippen molar-refractivity contribution in [1.82, 2.24) is 9.78 Å². The van der Waals surface area contributed by atoms with Crippen LogP contribution in [0.4, 0.5) is 5.69 Å². The van der Waals surface area contributed by atoms with Crippen LogP contribution in [0.1, 0.15) is 38.4 Å². The third-order valence-corrected chi connectivity index (χ3v) is 2.50.